The molecular weight excluding hydrogens is 210 g/mol. The summed E-state index contributed by atoms with van der Waals surface area (Å²) in [5.74, 6) is 0.927. The lowest BCUT2D eigenvalue weighted by molar-refractivity contribution is -0.136. The highest BCUT2D eigenvalue weighted by Crippen LogP contribution is 2.30. The first-order valence-corrected chi connectivity index (χ1v) is 7.03. The second-order valence-electron chi connectivity index (χ2n) is 6.45. The van der Waals surface area contributed by atoms with E-state index in [2.05, 4.69) is 46.4 Å². The summed E-state index contributed by atoms with van der Waals surface area (Å²) >= 11 is 0. The number of rotatable bonds is 6. The van der Waals surface area contributed by atoms with Crippen molar-refractivity contribution in [2.24, 2.45) is 11.3 Å². The average molecular weight is 241 g/mol. The van der Waals surface area contributed by atoms with Gasteiger partial charge in [0.25, 0.3) is 0 Å². The summed E-state index contributed by atoms with van der Waals surface area (Å²) in [7, 11) is 0. The molecule has 0 aromatic rings. The van der Waals surface area contributed by atoms with Crippen LogP contribution in [0, 0.1) is 11.3 Å². The number of carbonyl (C=O) groups excluding carboxylic acids is 1. The Morgan fingerprint density at radius 2 is 1.71 bits per heavy atom. The standard InChI is InChI=1S/C15H31NO/c1-8-10-16(14(17)9-2)13(11-12(3)4)15(5,6)7/h12-13H,8-11H2,1-7H3. The normalized spacial score (nSPS) is 13.9. The molecule has 0 rings (SSSR count). The second-order valence-corrected chi connectivity index (χ2v) is 6.45. The lowest BCUT2D eigenvalue weighted by atomic mass is 9.80. The van der Waals surface area contributed by atoms with Gasteiger partial charge < -0.3 is 4.90 Å². The van der Waals surface area contributed by atoms with E-state index in [1.165, 1.54) is 0 Å². The number of hydrogen-bond acceptors (Lipinski definition) is 1. The molecule has 0 fully saturated rings. The molecule has 0 N–H and O–H groups in total. The molecule has 0 aliphatic carbocycles. The van der Waals surface area contributed by atoms with Gasteiger partial charge in [-0.2, -0.15) is 0 Å². The highest BCUT2D eigenvalue weighted by atomic mass is 16.2. The van der Waals surface area contributed by atoms with Gasteiger partial charge in [-0.3, -0.25) is 4.79 Å². The van der Waals surface area contributed by atoms with Crippen LogP contribution in [0.25, 0.3) is 0 Å². The van der Waals surface area contributed by atoms with Crippen molar-refractivity contribution in [3.63, 3.8) is 0 Å². The summed E-state index contributed by atoms with van der Waals surface area (Å²) < 4.78 is 0. The van der Waals surface area contributed by atoms with Crippen molar-refractivity contribution in [3.05, 3.63) is 0 Å². The maximum atomic E-state index is 12.1. The van der Waals surface area contributed by atoms with E-state index in [1.807, 2.05) is 6.92 Å². The topological polar surface area (TPSA) is 20.3 Å². The first-order valence-electron chi connectivity index (χ1n) is 7.03. The molecule has 0 aromatic carbocycles. The minimum Gasteiger partial charge on any atom is -0.339 e. The Morgan fingerprint density at radius 1 is 1.18 bits per heavy atom. The van der Waals surface area contributed by atoms with Crippen molar-refractivity contribution in [1.82, 2.24) is 4.90 Å². The van der Waals surface area contributed by atoms with E-state index >= 15 is 0 Å². The van der Waals surface area contributed by atoms with E-state index in [9.17, 15) is 4.79 Å². The van der Waals surface area contributed by atoms with Crippen LogP contribution < -0.4 is 0 Å². The minimum atomic E-state index is 0.157. The average Bonchev–Trinajstić information content (AvgIpc) is 2.20. The van der Waals surface area contributed by atoms with Gasteiger partial charge in [-0.25, -0.2) is 0 Å². The molecule has 0 radical (unpaired) electrons. The Morgan fingerprint density at radius 3 is 2.00 bits per heavy atom. The number of nitrogens with zero attached hydrogens (tertiary/aromatic N) is 1. The molecule has 0 aliphatic rings. The van der Waals surface area contributed by atoms with E-state index in [0.29, 0.717) is 24.3 Å². The molecule has 102 valence electrons. The third kappa shape index (κ3) is 5.56. The Bertz CT molecular complexity index is 228. The van der Waals surface area contributed by atoms with Crippen molar-refractivity contribution in [3.8, 4) is 0 Å². The van der Waals surface area contributed by atoms with Crippen LogP contribution in [0.3, 0.4) is 0 Å². The van der Waals surface area contributed by atoms with Crippen LogP contribution in [0.4, 0.5) is 0 Å². The number of carbonyl (C=O) groups is 1. The SMILES string of the molecule is CCCN(C(=O)CC)C(CC(C)C)C(C)(C)C. The van der Waals surface area contributed by atoms with Gasteiger partial charge in [0, 0.05) is 19.0 Å². The predicted octanol–water partition coefficient (Wildman–Crippen LogP) is 4.10. The van der Waals surface area contributed by atoms with Crippen LogP contribution in [-0.4, -0.2) is 23.4 Å². The van der Waals surface area contributed by atoms with Crippen LogP contribution in [-0.2, 0) is 4.79 Å². The molecule has 17 heavy (non-hydrogen) atoms. The summed E-state index contributed by atoms with van der Waals surface area (Å²) in [6.07, 6.45) is 2.75. The van der Waals surface area contributed by atoms with Crippen molar-refractivity contribution >= 4 is 5.91 Å². The monoisotopic (exact) mass is 241 g/mol. The van der Waals surface area contributed by atoms with Crippen molar-refractivity contribution in [1.29, 1.82) is 0 Å². The molecule has 0 spiro atoms. The fraction of sp³-hybridized carbons (Fsp3) is 0.933. The third-order valence-electron chi connectivity index (χ3n) is 3.16. The van der Waals surface area contributed by atoms with Crippen LogP contribution in [0.15, 0.2) is 0 Å². The lowest BCUT2D eigenvalue weighted by Gasteiger charge is -2.41. The Labute approximate surface area is 108 Å². The van der Waals surface area contributed by atoms with E-state index in [-0.39, 0.29) is 5.41 Å². The van der Waals surface area contributed by atoms with E-state index in [4.69, 9.17) is 0 Å². The molecule has 2 nitrogen and oxygen atoms in total. The van der Waals surface area contributed by atoms with Gasteiger partial charge in [0.1, 0.15) is 0 Å². The summed E-state index contributed by atoms with van der Waals surface area (Å²) in [4.78, 5) is 14.2. The third-order valence-corrected chi connectivity index (χ3v) is 3.16. The van der Waals surface area contributed by atoms with Crippen LogP contribution >= 0.6 is 0 Å². The first kappa shape index (κ1) is 16.5. The summed E-state index contributed by atoms with van der Waals surface area (Å²) in [6, 6.07) is 0.356. The summed E-state index contributed by atoms with van der Waals surface area (Å²) in [6.45, 7) is 16.2. The predicted molar refractivity (Wildman–Crippen MR) is 75.0 cm³/mol. The zero-order valence-electron chi connectivity index (χ0n) is 12.8. The highest BCUT2D eigenvalue weighted by Gasteiger charge is 2.32. The smallest absolute Gasteiger partial charge is 0.222 e. The van der Waals surface area contributed by atoms with Crippen LogP contribution in [0.1, 0.15) is 67.7 Å². The lowest BCUT2D eigenvalue weighted by Crippen LogP contribution is -2.48. The molecule has 0 bridgehead atoms. The second kappa shape index (κ2) is 7.03. The molecule has 0 aromatic heterocycles. The largest absolute Gasteiger partial charge is 0.339 e. The summed E-state index contributed by atoms with van der Waals surface area (Å²) in [5, 5.41) is 0. The zero-order valence-corrected chi connectivity index (χ0v) is 12.8. The van der Waals surface area contributed by atoms with Crippen molar-refractivity contribution in [2.75, 3.05) is 6.54 Å². The fourth-order valence-electron chi connectivity index (χ4n) is 2.29. The quantitative estimate of drug-likeness (QED) is 0.685. The zero-order chi connectivity index (χ0) is 13.6. The minimum absolute atomic E-state index is 0.157. The molecular formula is C15H31NO. The maximum Gasteiger partial charge on any atom is 0.222 e. The van der Waals surface area contributed by atoms with Crippen molar-refractivity contribution in [2.45, 2.75) is 73.8 Å². The Balaban J connectivity index is 5.00. The van der Waals surface area contributed by atoms with Gasteiger partial charge in [-0.1, -0.05) is 48.5 Å². The molecule has 0 heterocycles. The molecule has 1 atom stereocenters. The molecule has 0 saturated heterocycles. The number of amides is 1. The van der Waals surface area contributed by atoms with Gasteiger partial charge in [0.2, 0.25) is 5.91 Å². The fourth-order valence-corrected chi connectivity index (χ4v) is 2.29. The van der Waals surface area contributed by atoms with Gasteiger partial charge >= 0.3 is 0 Å². The van der Waals surface area contributed by atoms with Crippen LogP contribution in [0.2, 0.25) is 0 Å². The molecule has 0 aliphatic heterocycles. The first-order chi connectivity index (χ1) is 7.73. The van der Waals surface area contributed by atoms with E-state index < -0.39 is 0 Å². The van der Waals surface area contributed by atoms with Gasteiger partial charge in [0.05, 0.1) is 0 Å². The van der Waals surface area contributed by atoms with E-state index in [1.54, 1.807) is 0 Å². The Hall–Kier alpha value is -0.530. The van der Waals surface area contributed by atoms with Gasteiger partial charge in [-0.05, 0) is 24.2 Å². The maximum absolute atomic E-state index is 12.1. The van der Waals surface area contributed by atoms with Crippen LogP contribution in [0.5, 0.6) is 0 Å². The molecule has 0 saturated carbocycles. The number of hydrogen-bond donors (Lipinski definition) is 0. The molecule has 1 unspecified atom stereocenters. The highest BCUT2D eigenvalue weighted by molar-refractivity contribution is 5.76. The van der Waals surface area contributed by atoms with E-state index in [0.717, 1.165) is 19.4 Å². The Kier molecular flexibility index (Phi) is 6.81. The van der Waals surface area contributed by atoms with Crippen molar-refractivity contribution < 1.29 is 4.79 Å². The molecule has 2 heteroatoms. The van der Waals surface area contributed by atoms with Gasteiger partial charge in [0.15, 0.2) is 0 Å². The van der Waals surface area contributed by atoms with Gasteiger partial charge in [-0.15, -0.1) is 0 Å². The summed E-state index contributed by atoms with van der Waals surface area (Å²) in [5.41, 5.74) is 0.157. The molecule has 1 amide bonds.